The highest BCUT2D eigenvalue weighted by Crippen LogP contribution is 2.39. The predicted molar refractivity (Wildman–Crippen MR) is 84.9 cm³/mol. The Morgan fingerprint density at radius 1 is 1.14 bits per heavy atom. The average Bonchev–Trinajstić information content (AvgIpc) is 3.22. The van der Waals surface area contributed by atoms with Gasteiger partial charge in [0.05, 0.1) is 0 Å². The second-order valence-corrected chi connectivity index (χ2v) is 6.18. The largest absolute Gasteiger partial charge is 0.383 e. The molecule has 1 saturated carbocycles. The third-order valence-electron chi connectivity index (χ3n) is 4.50. The third-order valence-corrected chi connectivity index (χ3v) is 4.50. The highest BCUT2D eigenvalue weighted by atomic mass is 15.1. The van der Waals surface area contributed by atoms with Crippen LogP contribution in [0.15, 0.2) is 18.2 Å². The van der Waals surface area contributed by atoms with E-state index in [0.29, 0.717) is 11.7 Å². The van der Waals surface area contributed by atoms with E-state index >= 15 is 0 Å². The molecule has 21 heavy (non-hydrogen) atoms. The van der Waals surface area contributed by atoms with Crippen molar-refractivity contribution in [2.24, 2.45) is 0 Å². The molecular weight excluding hydrogens is 260 g/mol. The Morgan fingerprint density at radius 3 is 2.76 bits per heavy atom. The summed E-state index contributed by atoms with van der Waals surface area (Å²) in [5.41, 5.74) is 11.0. The van der Waals surface area contributed by atoms with Gasteiger partial charge in [0.25, 0.3) is 0 Å². The zero-order valence-electron chi connectivity index (χ0n) is 12.3. The van der Waals surface area contributed by atoms with Crippen molar-refractivity contribution in [1.82, 2.24) is 9.97 Å². The molecule has 2 aliphatic carbocycles. The SMILES string of the molecule is Cc1c(N)nc(C2CC2)nc1Nc1ccc2c(c1)CCC2. The molecule has 0 amide bonds. The molecule has 0 atom stereocenters. The molecule has 1 aromatic heterocycles. The van der Waals surface area contributed by atoms with E-state index in [2.05, 4.69) is 33.5 Å². The summed E-state index contributed by atoms with van der Waals surface area (Å²) >= 11 is 0. The van der Waals surface area contributed by atoms with Crippen molar-refractivity contribution in [1.29, 1.82) is 0 Å². The molecule has 4 rings (SSSR count). The van der Waals surface area contributed by atoms with Gasteiger partial charge in [-0.3, -0.25) is 0 Å². The summed E-state index contributed by atoms with van der Waals surface area (Å²) in [6.45, 7) is 1.97. The van der Waals surface area contributed by atoms with Crippen LogP contribution in [0, 0.1) is 6.92 Å². The lowest BCUT2D eigenvalue weighted by Gasteiger charge is -2.13. The van der Waals surface area contributed by atoms with Gasteiger partial charge in [0.15, 0.2) is 0 Å². The number of rotatable bonds is 3. The van der Waals surface area contributed by atoms with Crippen LogP contribution < -0.4 is 11.1 Å². The second-order valence-electron chi connectivity index (χ2n) is 6.18. The minimum absolute atomic E-state index is 0.508. The Balaban J connectivity index is 1.67. The van der Waals surface area contributed by atoms with Crippen molar-refractivity contribution in [2.75, 3.05) is 11.1 Å². The van der Waals surface area contributed by atoms with E-state index in [4.69, 9.17) is 5.73 Å². The number of nitrogen functional groups attached to an aromatic ring is 1. The summed E-state index contributed by atoms with van der Waals surface area (Å²) in [6, 6.07) is 6.61. The second kappa shape index (κ2) is 4.72. The maximum absolute atomic E-state index is 6.04. The number of hydrogen-bond donors (Lipinski definition) is 2. The molecule has 1 aromatic carbocycles. The van der Waals surface area contributed by atoms with Crippen LogP contribution >= 0.6 is 0 Å². The molecule has 4 heteroatoms. The molecule has 1 fully saturated rings. The van der Waals surface area contributed by atoms with Gasteiger partial charge in [-0.2, -0.15) is 0 Å². The molecule has 0 aliphatic heterocycles. The Hall–Kier alpha value is -2.10. The molecule has 2 aliphatic rings. The number of aromatic nitrogens is 2. The molecule has 0 radical (unpaired) electrons. The summed E-state index contributed by atoms with van der Waals surface area (Å²) < 4.78 is 0. The van der Waals surface area contributed by atoms with Crippen LogP contribution in [0.5, 0.6) is 0 Å². The first-order valence-electron chi connectivity index (χ1n) is 7.73. The van der Waals surface area contributed by atoms with Gasteiger partial charge in [-0.1, -0.05) is 6.07 Å². The maximum atomic E-state index is 6.04. The molecule has 2 aromatic rings. The van der Waals surface area contributed by atoms with E-state index in [1.165, 1.54) is 43.2 Å². The molecular formula is C17H20N4. The molecule has 3 N–H and O–H groups in total. The number of hydrogen-bond acceptors (Lipinski definition) is 4. The first-order chi connectivity index (χ1) is 10.2. The van der Waals surface area contributed by atoms with Gasteiger partial charge in [0.2, 0.25) is 0 Å². The number of anilines is 3. The fraction of sp³-hybridized carbons (Fsp3) is 0.412. The first-order valence-corrected chi connectivity index (χ1v) is 7.73. The molecule has 0 unspecified atom stereocenters. The average molecular weight is 280 g/mol. The lowest BCUT2D eigenvalue weighted by Crippen LogP contribution is -2.06. The minimum Gasteiger partial charge on any atom is -0.383 e. The lowest BCUT2D eigenvalue weighted by atomic mass is 10.1. The van der Waals surface area contributed by atoms with Gasteiger partial charge < -0.3 is 11.1 Å². The van der Waals surface area contributed by atoms with Crippen LogP contribution in [0.3, 0.4) is 0 Å². The highest BCUT2D eigenvalue weighted by Gasteiger charge is 2.28. The highest BCUT2D eigenvalue weighted by molar-refractivity contribution is 5.65. The van der Waals surface area contributed by atoms with Crippen molar-refractivity contribution in [2.45, 2.75) is 44.9 Å². The van der Waals surface area contributed by atoms with Crippen molar-refractivity contribution in [3.05, 3.63) is 40.7 Å². The van der Waals surface area contributed by atoms with Crippen molar-refractivity contribution in [3.8, 4) is 0 Å². The van der Waals surface area contributed by atoms with Crippen molar-refractivity contribution in [3.63, 3.8) is 0 Å². The molecule has 108 valence electrons. The molecule has 1 heterocycles. The Kier molecular flexibility index (Phi) is 2.84. The van der Waals surface area contributed by atoms with E-state index in [-0.39, 0.29) is 0 Å². The molecule has 0 bridgehead atoms. The number of fused-ring (bicyclic) bond motifs is 1. The Bertz CT molecular complexity index is 704. The maximum Gasteiger partial charge on any atom is 0.139 e. The number of aryl methyl sites for hydroxylation is 2. The summed E-state index contributed by atoms with van der Waals surface area (Å²) in [6.07, 6.45) is 6.02. The predicted octanol–water partition coefficient (Wildman–Crippen LogP) is 3.48. The Labute approximate surface area is 124 Å². The number of benzene rings is 1. The number of nitrogens with zero attached hydrogens (tertiary/aromatic N) is 2. The van der Waals surface area contributed by atoms with E-state index in [0.717, 1.165) is 22.9 Å². The normalized spacial score (nSPS) is 16.8. The van der Waals surface area contributed by atoms with Gasteiger partial charge in [0.1, 0.15) is 17.5 Å². The van der Waals surface area contributed by atoms with E-state index in [1.807, 2.05) is 6.92 Å². The Morgan fingerprint density at radius 2 is 1.95 bits per heavy atom. The number of nitrogens with two attached hydrogens (primary N) is 1. The van der Waals surface area contributed by atoms with Crippen LogP contribution in [0.1, 0.15) is 47.7 Å². The van der Waals surface area contributed by atoms with Crippen molar-refractivity contribution < 1.29 is 0 Å². The minimum atomic E-state index is 0.508. The van der Waals surface area contributed by atoms with Gasteiger partial charge in [-0.15, -0.1) is 0 Å². The van der Waals surface area contributed by atoms with Crippen LogP contribution in [0.25, 0.3) is 0 Å². The fourth-order valence-corrected chi connectivity index (χ4v) is 2.98. The summed E-state index contributed by atoms with van der Waals surface area (Å²) in [5.74, 6) is 2.84. The van der Waals surface area contributed by atoms with Crippen LogP contribution in [0.2, 0.25) is 0 Å². The quantitative estimate of drug-likeness (QED) is 0.903. The summed E-state index contributed by atoms with van der Waals surface area (Å²) in [4.78, 5) is 9.10. The van der Waals surface area contributed by atoms with Crippen LogP contribution in [-0.4, -0.2) is 9.97 Å². The lowest BCUT2D eigenvalue weighted by molar-refractivity contribution is 0.912. The van der Waals surface area contributed by atoms with Gasteiger partial charge in [-0.05, 0) is 62.3 Å². The summed E-state index contributed by atoms with van der Waals surface area (Å²) in [5, 5.41) is 3.43. The zero-order valence-corrected chi connectivity index (χ0v) is 12.3. The van der Waals surface area contributed by atoms with Crippen LogP contribution in [-0.2, 0) is 12.8 Å². The van der Waals surface area contributed by atoms with E-state index < -0.39 is 0 Å². The fourth-order valence-electron chi connectivity index (χ4n) is 2.98. The smallest absolute Gasteiger partial charge is 0.139 e. The van der Waals surface area contributed by atoms with Gasteiger partial charge >= 0.3 is 0 Å². The van der Waals surface area contributed by atoms with Crippen molar-refractivity contribution >= 4 is 17.3 Å². The molecule has 0 saturated heterocycles. The third kappa shape index (κ3) is 2.35. The van der Waals surface area contributed by atoms with Crippen LogP contribution in [0.4, 0.5) is 17.3 Å². The number of nitrogens with one attached hydrogen (secondary N) is 1. The monoisotopic (exact) mass is 280 g/mol. The first kappa shape index (κ1) is 12.6. The van der Waals surface area contributed by atoms with E-state index in [1.54, 1.807) is 0 Å². The zero-order chi connectivity index (χ0) is 14.4. The molecule has 0 spiro atoms. The molecule has 4 nitrogen and oxygen atoms in total. The topological polar surface area (TPSA) is 63.8 Å². The standard InChI is InChI=1S/C17H20N4/c1-10-15(18)20-17(12-5-6-12)21-16(10)19-14-8-7-11-3-2-4-13(11)9-14/h7-9,12H,2-6H2,1H3,(H3,18,19,20,21). The van der Waals surface area contributed by atoms with E-state index in [9.17, 15) is 0 Å². The van der Waals surface area contributed by atoms with Gasteiger partial charge in [-0.25, -0.2) is 9.97 Å². The van der Waals surface area contributed by atoms with Gasteiger partial charge in [0, 0.05) is 17.2 Å². The summed E-state index contributed by atoms with van der Waals surface area (Å²) in [7, 11) is 0.